The number of hydrogen-bond acceptors (Lipinski definition) is 6. The van der Waals surface area contributed by atoms with Gasteiger partial charge in [-0.1, -0.05) is 23.7 Å². The number of benzene rings is 2. The standard InChI is InChI=1S/C24H22BFN6O3/c25-17-3-1-4-19-20(17)21(33)29-24(35)32(19)14-15-5-6-18(26)16(13-15)22(34)30-9-11-31(12-10-30)23-27-7-2-8-28-23/h1-8,13H,9-12,14,25H2,(H,29,33,35). The van der Waals surface area contributed by atoms with Crippen molar-refractivity contribution >= 4 is 36.1 Å². The summed E-state index contributed by atoms with van der Waals surface area (Å²) in [5, 5.41) is 0.422. The van der Waals surface area contributed by atoms with Gasteiger partial charge in [-0.05, 0) is 29.8 Å². The number of aromatic nitrogens is 4. The molecule has 35 heavy (non-hydrogen) atoms. The molecular weight excluding hydrogens is 450 g/mol. The summed E-state index contributed by atoms with van der Waals surface area (Å²) in [6.07, 6.45) is 3.33. The molecular formula is C24H22BFN6O3. The smallest absolute Gasteiger partial charge is 0.329 e. The Morgan fingerprint density at radius 1 is 1.03 bits per heavy atom. The Morgan fingerprint density at radius 2 is 1.77 bits per heavy atom. The summed E-state index contributed by atoms with van der Waals surface area (Å²) in [7, 11) is 1.80. The maximum Gasteiger partial charge on any atom is 0.329 e. The molecule has 1 amide bonds. The lowest BCUT2D eigenvalue weighted by molar-refractivity contribution is 0.0741. The third-order valence-electron chi connectivity index (χ3n) is 6.24. The summed E-state index contributed by atoms with van der Waals surface area (Å²) in [6, 6.07) is 11.3. The molecule has 0 radical (unpaired) electrons. The summed E-state index contributed by atoms with van der Waals surface area (Å²) >= 11 is 0. The van der Waals surface area contributed by atoms with E-state index in [1.54, 1.807) is 49.4 Å². The van der Waals surface area contributed by atoms with Gasteiger partial charge in [-0.25, -0.2) is 19.2 Å². The van der Waals surface area contributed by atoms with Crippen LogP contribution in [0.2, 0.25) is 0 Å². The molecule has 176 valence electrons. The topological polar surface area (TPSA) is 104 Å². The average Bonchev–Trinajstić information content (AvgIpc) is 2.87. The van der Waals surface area contributed by atoms with Crippen LogP contribution < -0.4 is 21.6 Å². The Labute approximate surface area is 200 Å². The fourth-order valence-corrected chi connectivity index (χ4v) is 4.42. The number of hydrogen-bond donors (Lipinski definition) is 1. The normalized spacial score (nSPS) is 13.9. The minimum atomic E-state index is -0.623. The van der Waals surface area contributed by atoms with Crippen molar-refractivity contribution < 1.29 is 9.18 Å². The zero-order chi connectivity index (χ0) is 24.5. The van der Waals surface area contributed by atoms with Crippen LogP contribution in [0.25, 0.3) is 10.9 Å². The number of halogens is 1. The average molecular weight is 472 g/mol. The van der Waals surface area contributed by atoms with Crippen molar-refractivity contribution in [2.75, 3.05) is 31.1 Å². The van der Waals surface area contributed by atoms with Crippen molar-refractivity contribution in [1.82, 2.24) is 24.4 Å². The number of carbonyl (C=O) groups is 1. The maximum absolute atomic E-state index is 14.7. The fraction of sp³-hybridized carbons (Fsp3) is 0.208. The van der Waals surface area contributed by atoms with Gasteiger partial charge in [-0.3, -0.25) is 19.1 Å². The van der Waals surface area contributed by atoms with Crippen molar-refractivity contribution in [1.29, 1.82) is 0 Å². The zero-order valence-corrected chi connectivity index (χ0v) is 19.1. The van der Waals surface area contributed by atoms with E-state index in [2.05, 4.69) is 15.0 Å². The van der Waals surface area contributed by atoms with E-state index in [4.69, 9.17) is 0 Å². The molecule has 1 aliphatic heterocycles. The first-order valence-corrected chi connectivity index (χ1v) is 11.2. The molecule has 9 nitrogen and oxygen atoms in total. The van der Waals surface area contributed by atoms with E-state index in [1.807, 2.05) is 4.90 Å². The first-order valence-electron chi connectivity index (χ1n) is 11.2. The predicted molar refractivity (Wildman–Crippen MR) is 133 cm³/mol. The predicted octanol–water partition coefficient (Wildman–Crippen LogP) is -0.112. The van der Waals surface area contributed by atoms with Crippen LogP contribution in [0.1, 0.15) is 15.9 Å². The molecule has 2 aromatic carbocycles. The van der Waals surface area contributed by atoms with Crippen LogP contribution in [0.15, 0.2) is 64.4 Å². The van der Waals surface area contributed by atoms with Crippen molar-refractivity contribution in [3.63, 3.8) is 0 Å². The number of fused-ring (bicyclic) bond motifs is 1. The number of amides is 1. The lowest BCUT2D eigenvalue weighted by Gasteiger charge is -2.34. The van der Waals surface area contributed by atoms with Crippen LogP contribution in [0.4, 0.5) is 10.3 Å². The van der Waals surface area contributed by atoms with Crippen LogP contribution >= 0.6 is 0 Å². The molecule has 0 aliphatic carbocycles. The molecule has 1 saturated heterocycles. The van der Waals surface area contributed by atoms with E-state index >= 15 is 0 Å². The highest BCUT2D eigenvalue weighted by molar-refractivity contribution is 6.38. The lowest BCUT2D eigenvalue weighted by Crippen LogP contribution is -2.49. The van der Waals surface area contributed by atoms with Crippen LogP contribution in [0, 0.1) is 5.82 Å². The van der Waals surface area contributed by atoms with Gasteiger partial charge in [0.15, 0.2) is 0 Å². The van der Waals surface area contributed by atoms with E-state index in [0.29, 0.717) is 48.6 Å². The van der Waals surface area contributed by atoms with Gasteiger partial charge in [-0.2, -0.15) is 0 Å². The van der Waals surface area contributed by atoms with Gasteiger partial charge in [0, 0.05) is 38.6 Å². The zero-order valence-electron chi connectivity index (χ0n) is 19.1. The number of nitrogens with zero attached hydrogens (tertiary/aromatic N) is 5. The third kappa shape index (κ3) is 4.32. The molecule has 3 heterocycles. The van der Waals surface area contributed by atoms with E-state index in [0.717, 1.165) is 5.46 Å². The van der Waals surface area contributed by atoms with Crippen molar-refractivity contribution in [3.8, 4) is 0 Å². The lowest BCUT2D eigenvalue weighted by atomic mass is 9.92. The molecule has 1 N–H and O–H groups in total. The van der Waals surface area contributed by atoms with Crippen LogP contribution in [-0.2, 0) is 6.54 Å². The second-order valence-electron chi connectivity index (χ2n) is 8.46. The molecule has 11 heteroatoms. The van der Waals surface area contributed by atoms with Gasteiger partial charge >= 0.3 is 5.69 Å². The summed E-state index contributed by atoms with van der Waals surface area (Å²) in [5.74, 6) is -0.434. The van der Waals surface area contributed by atoms with Gasteiger partial charge in [0.1, 0.15) is 13.7 Å². The third-order valence-corrected chi connectivity index (χ3v) is 6.24. The van der Waals surface area contributed by atoms with E-state index in [-0.39, 0.29) is 12.1 Å². The van der Waals surface area contributed by atoms with Crippen LogP contribution in [0.5, 0.6) is 0 Å². The molecule has 4 aromatic rings. The van der Waals surface area contributed by atoms with Gasteiger partial charge in [0.2, 0.25) is 5.95 Å². The second kappa shape index (κ2) is 9.17. The van der Waals surface area contributed by atoms with E-state index in [1.165, 1.54) is 22.8 Å². The first-order chi connectivity index (χ1) is 16.9. The highest BCUT2D eigenvalue weighted by Gasteiger charge is 2.25. The molecule has 0 unspecified atom stereocenters. The number of piperazine rings is 1. The number of rotatable bonds is 4. The summed E-state index contributed by atoms with van der Waals surface area (Å²) in [6.45, 7) is 1.97. The number of anilines is 1. The molecule has 0 saturated carbocycles. The number of carbonyl (C=O) groups excluding carboxylic acids is 1. The van der Waals surface area contributed by atoms with Crippen LogP contribution in [-0.4, -0.2) is 64.4 Å². The molecule has 1 aliphatic rings. The van der Waals surface area contributed by atoms with E-state index < -0.39 is 23.0 Å². The summed E-state index contributed by atoms with van der Waals surface area (Å²) < 4.78 is 16.1. The van der Waals surface area contributed by atoms with Gasteiger partial charge < -0.3 is 9.80 Å². The van der Waals surface area contributed by atoms with Crippen LogP contribution in [0.3, 0.4) is 0 Å². The number of H-pyrrole nitrogens is 1. The van der Waals surface area contributed by atoms with Gasteiger partial charge in [0.05, 0.1) is 23.0 Å². The van der Waals surface area contributed by atoms with Gasteiger partial charge in [0.25, 0.3) is 11.5 Å². The fourth-order valence-electron chi connectivity index (χ4n) is 4.42. The monoisotopic (exact) mass is 472 g/mol. The van der Waals surface area contributed by atoms with Crippen molar-refractivity contribution in [3.05, 3.63) is 92.6 Å². The molecule has 1 fully saturated rings. The first kappa shape index (κ1) is 22.5. The second-order valence-corrected chi connectivity index (χ2v) is 8.46. The summed E-state index contributed by atoms with van der Waals surface area (Å²) in [5.41, 5.74) is 0.731. The quantitative estimate of drug-likeness (QED) is 0.416. The Balaban J connectivity index is 1.40. The van der Waals surface area contributed by atoms with Gasteiger partial charge in [-0.15, -0.1) is 0 Å². The Kier molecular flexibility index (Phi) is 5.90. The number of nitrogens with one attached hydrogen (secondary N) is 1. The van der Waals surface area contributed by atoms with Crippen molar-refractivity contribution in [2.24, 2.45) is 0 Å². The van der Waals surface area contributed by atoms with Crippen molar-refractivity contribution in [2.45, 2.75) is 6.54 Å². The maximum atomic E-state index is 14.7. The highest BCUT2D eigenvalue weighted by Crippen LogP contribution is 2.18. The SMILES string of the molecule is Bc1cccc2c1c(=O)[nH]c(=O)n2Cc1ccc(F)c(C(=O)N2CCN(c3ncccn3)CC2)c1. The Bertz CT molecular complexity index is 1530. The Hall–Kier alpha value is -4.28. The summed E-state index contributed by atoms with van der Waals surface area (Å²) in [4.78, 5) is 52.5. The van der Waals surface area contributed by atoms with E-state index in [9.17, 15) is 18.8 Å². The Morgan fingerprint density at radius 3 is 2.51 bits per heavy atom. The number of aromatic amines is 1. The molecule has 2 aromatic heterocycles. The largest absolute Gasteiger partial charge is 0.337 e. The molecule has 0 bridgehead atoms. The highest BCUT2D eigenvalue weighted by atomic mass is 19.1. The molecule has 0 atom stereocenters. The molecule has 0 spiro atoms. The molecule has 5 rings (SSSR count). The minimum Gasteiger partial charge on any atom is -0.337 e. The minimum absolute atomic E-state index is 0.0510.